The number of thiophene rings is 1. The molecule has 12 heteroatoms. The van der Waals surface area contributed by atoms with Crippen LogP contribution >= 0.6 is 35.3 Å². The third kappa shape index (κ3) is 8.94. The molecule has 1 aliphatic rings. The van der Waals surface area contributed by atoms with Gasteiger partial charge in [0.15, 0.2) is 5.96 Å². The molecule has 0 aromatic carbocycles. The zero-order valence-corrected chi connectivity index (χ0v) is 21.8. The number of nitrogens with one attached hydrogen (secondary N) is 3. The van der Waals surface area contributed by atoms with Gasteiger partial charge in [-0.2, -0.15) is 0 Å². The molecule has 1 aromatic rings. The van der Waals surface area contributed by atoms with Gasteiger partial charge in [-0.3, -0.25) is 4.99 Å². The second-order valence-corrected chi connectivity index (χ2v) is 10.7. The molecule has 1 fully saturated rings. The van der Waals surface area contributed by atoms with Crippen molar-refractivity contribution in [2.24, 2.45) is 4.99 Å². The monoisotopic (exact) mass is 573 g/mol. The molecule has 2 rings (SSSR count). The number of sulfonamides is 1. The van der Waals surface area contributed by atoms with E-state index in [4.69, 9.17) is 4.74 Å². The third-order valence-electron chi connectivity index (χ3n) is 4.11. The highest BCUT2D eigenvalue weighted by Crippen LogP contribution is 2.16. The van der Waals surface area contributed by atoms with Gasteiger partial charge in [-0.15, -0.1) is 35.3 Å². The van der Waals surface area contributed by atoms with Crippen LogP contribution in [0.1, 0.15) is 33.6 Å². The first-order chi connectivity index (χ1) is 13.6. The fraction of sp³-hybridized carbons (Fsp3) is 0.667. The van der Waals surface area contributed by atoms with Crippen LogP contribution in [0.2, 0.25) is 0 Å². The maximum Gasteiger partial charge on any atom is 0.410 e. The van der Waals surface area contributed by atoms with Crippen LogP contribution in [-0.2, 0) is 14.8 Å². The number of likely N-dealkylation sites (tertiary alicyclic amines) is 1. The van der Waals surface area contributed by atoms with Crippen molar-refractivity contribution in [1.82, 2.24) is 20.3 Å². The van der Waals surface area contributed by atoms with E-state index in [0.29, 0.717) is 29.8 Å². The topological polar surface area (TPSA) is 112 Å². The number of hydrogen-bond acceptors (Lipinski definition) is 6. The van der Waals surface area contributed by atoms with Gasteiger partial charge >= 0.3 is 6.09 Å². The van der Waals surface area contributed by atoms with E-state index < -0.39 is 15.6 Å². The summed E-state index contributed by atoms with van der Waals surface area (Å²) in [6.45, 7) is 7.36. The van der Waals surface area contributed by atoms with E-state index in [2.05, 4.69) is 20.3 Å². The van der Waals surface area contributed by atoms with Gasteiger partial charge < -0.3 is 20.3 Å². The Labute approximate surface area is 200 Å². The second-order valence-electron chi connectivity index (χ2n) is 7.74. The molecule has 0 bridgehead atoms. The standard InChI is InChI=1S/C18H31N5O4S2.HI/c1-18(2,3)27-17(24)23-11-5-7-14(13-23)22-16(19-4)20-9-10-21-29(25,26)15-8-6-12-28-15;/h6,8,12,14,21H,5,7,9-11,13H2,1-4H3,(H2,19,20,22);1H. The number of hydrogen-bond donors (Lipinski definition) is 3. The smallest absolute Gasteiger partial charge is 0.410 e. The van der Waals surface area contributed by atoms with Gasteiger partial charge in [0.25, 0.3) is 0 Å². The Hall–Kier alpha value is -1.12. The molecule has 172 valence electrons. The second kappa shape index (κ2) is 12.1. The van der Waals surface area contributed by atoms with Gasteiger partial charge in [0.05, 0.1) is 0 Å². The highest BCUT2D eigenvalue weighted by atomic mass is 127. The molecular formula is C18H32IN5O4S2. The molecule has 30 heavy (non-hydrogen) atoms. The van der Waals surface area contributed by atoms with Gasteiger partial charge in [0.1, 0.15) is 9.81 Å². The van der Waals surface area contributed by atoms with E-state index in [0.717, 1.165) is 12.8 Å². The van der Waals surface area contributed by atoms with Crippen LogP contribution in [0.4, 0.5) is 4.79 Å². The number of nitrogens with zero attached hydrogens (tertiary/aromatic N) is 2. The summed E-state index contributed by atoms with van der Waals surface area (Å²) in [5, 5.41) is 8.12. The minimum Gasteiger partial charge on any atom is -0.444 e. The van der Waals surface area contributed by atoms with Crippen molar-refractivity contribution in [3.63, 3.8) is 0 Å². The van der Waals surface area contributed by atoms with Crippen molar-refractivity contribution in [1.29, 1.82) is 0 Å². The lowest BCUT2D eigenvalue weighted by molar-refractivity contribution is 0.0193. The van der Waals surface area contributed by atoms with Gasteiger partial charge in [0, 0.05) is 39.3 Å². The molecule has 1 amide bonds. The van der Waals surface area contributed by atoms with Crippen LogP contribution in [0.15, 0.2) is 26.7 Å². The van der Waals surface area contributed by atoms with E-state index in [9.17, 15) is 13.2 Å². The van der Waals surface area contributed by atoms with Crippen LogP contribution in [0.3, 0.4) is 0 Å². The number of piperidine rings is 1. The zero-order chi connectivity index (χ0) is 21.5. The number of amides is 1. The lowest BCUT2D eigenvalue weighted by atomic mass is 10.1. The quantitative estimate of drug-likeness (QED) is 0.208. The van der Waals surface area contributed by atoms with Crippen molar-refractivity contribution in [2.75, 3.05) is 33.2 Å². The lowest BCUT2D eigenvalue weighted by Crippen LogP contribution is -2.53. The summed E-state index contributed by atoms with van der Waals surface area (Å²) in [7, 11) is -1.82. The number of carbonyl (C=O) groups is 1. The third-order valence-corrected chi connectivity index (χ3v) is 6.97. The number of aliphatic imine (C=N–C) groups is 1. The van der Waals surface area contributed by atoms with Crippen LogP contribution < -0.4 is 15.4 Å². The average Bonchev–Trinajstić information content (AvgIpc) is 3.19. The number of ether oxygens (including phenoxy) is 1. The maximum atomic E-state index is 12.3. The summed E-state index contributed by atoms with van der Waals surface area (Å²) in [4.78, 5) is 18.2. The van der Waals surface area contributed by atoms with Crippen LogP contribution in [0.25, 0.3) is 0 Å². The van der Waals surface area contributed by atoms with E-state index >= 15 is 0 Å². The summed E-state index contributed by atoms with van der Waals surface area (Å²) in [5.74, 6) is 0.566. The molecular weight excluding hydrogens is 541 g/mol. The van der Waals surface area contributed by atoms with Crippen molar-refractivity contribution in [3.8, 4) is 0 Å². The normalized spacial score (nSPS) is 17.8. The molecule has 0 saturated carbocycles. The molecule has 2 heterocycles. The highest BCUT2D eigenvalue weighted by molar-refractivity contribution is 14.0. The average molecular weight is 574 g/mol. The molecule has 1 aromatic heterocycles. The highest BCUT2D eigenvalue weighted by Gasteiger charge is 2.28. The fourth-order valence-electron chi connectivity index (χ4n) is 2.83. The maximum absolute atomic E-state index is 12.3. The SMILES string of the molecule is CN=C(NCCNS(=O)(=O)c1cccs1)NC1CCCN(C(=O)OC(C)(C)C)C1.I. The molecule has 0 spiro atoms. The number of rotatable bonds is 6. The first-order valence-corrected chi connectivity index (χ1v) is 12.0. The fourth-order valence-corrected chi connectivity index (χ4v) is 4.90. The first kappa shape index (κ1) is 26.9. The van der Waals surface area contributed by atoms with Crippen LogP contribution in [0.5, 0.6) is 0 Å². The molecule has 9 nitrogen and oxygen atoms in total. The van der Waals surface area contributed by atoms with Crippen LogP contribution in [-0.4, -0.2) is 70.2 Å². The summed E-state index contributed by atoms with van der Waals surface area (Å²) < 4.78 is 32.5. The zero-order valence-electron chi connectivity index (χ0n) is 17.8. The Balaban J connectivity index is 0.00000450. The van der Waals surface area contributed by atoms with Crippen LogP contribution in [0, 0.1) is 0 Å². The predicted octanol–water partition coefficient (Wildman–Crippen LogP) is 2.21. The van der Waals surface area contributed by atoms with E-state index in [1.54, 1.807) is 29.5 Å². The minimum absolute atomic E-state index is 0. The van der Waals surface area contributed by atoms with Gasteiger partial charge in [-0.05, 0) is 45.1 Å². The molecule has 1 saturated heterocycles. The van der Waals surface area contributed by atoms with Gasteiger partial charge in [-0.1, -0.05) is 6.07 Å². The Morgan fingerprint density at radius 3 is 2.70 bits per heavy atom. The van der Waals surface area contributed by atoms with Gasteiger partial charge in [0.2, 0.25) is 10.0 Å². The Kier molecular flexibility index (Phi) is 10.8. The summed E-state index contributed by atoms with van der Waals surface area (Å²) in [6, 6.07) is 3.32. The predicted molar refractivity (Wildman–Crippen MR) is 130 cm³/mol. The number of guanidine groups is 1. The Bertz CT molecular complexity index is 794. The molecule has 1 atom stereocenters. The summed E-state index contributed by atoms with van der Waals surface area (Å²) in [6.07, 6.45) is 1.47. The summed E-state index contributed by atoms with van der Waals surface area (Å²) >= 11 is 1.18. The number of carbonyl (C=O) groups excluding carboxylic acids is 1. The van der Waals surface area contributed by atoms with E-state index in [1.165, 1.54) is 11.3 Å². The Morgan fingerprint density at radius 1 is 1.37 bits per heavy atom. The molecule has 3 N–H and O–H groups in total. The molecule has 1 aliphatic heterocycles. The summed E-state index contributed by atoms with van der Waals surface area (Å²) in [5.41, 5.74) is -0.522. The van der Waals surface area contributed by atoms with Crippen molar-refractivity contribution < 1.29 is 17.9 Å². The van der Waals surface area contributed by atoms with Crippen molar-refractivity contribution >= 4 is 57.4 Å². The molecule has 1 unspecified atom stereocenters. The largest absolute Gasteiger partial charge is 0.444 e. The molecule has 0 radical (unpaired) electrons. The first-order valence-electron chi connectivity index (χ1n) is 9.59. The van der Waals surface area contributed by atoms with Crippen molar-refractivity contribution in [3.05, 3.63) is 17.5 Å². The van der Waals surface area contributed by atoms with Crippen molar-refractivity contribution in [2.45, 2.75) is 49.5 Å². The van der Waals surface area contributed by atoms with E-state index in [1.807, 2.05) is 20.8 Å². The Morgan fingerprint density at radius 2 is 2.10 bits per heavy atom. The van der Waals surface area contributed by atoms with Gasteiger partial charge in [-0.25, -0.2) is 17.9 Å². The minimum atomic E-state index is -3.47. The lowest BCUT2D eigenvalue weighted by Gasteiger charge is -2.35. The molecule has 0 aliphatic carbocycles. The van der Waals surface area contributed by atoms with E-state index in [-0.39, 0.29) is 42.7 Å². The number of halogens is 1.